The molecule has 3 rings (SSSR count). The third kappa shape index (κ3) is 4.94. The van der Waals surface area contributed by atoms with Gasteiger partial charge < -0.3 is 20.7 Å². The van der Waals surface area contributed by atoms with Crippen LogP contribution in [0.3, 0.4) is 0 Å². The van der Waals surface area contributed by atoms with E-state index in [9.17, 15) is 27.9 Å². The maximum absolute atomic E-state index is 12.6. The highest BCUT2D eigenvalue weighted by molar-refractivity contribution is 6.00. The van der Waals surface area contributed by atoms with Crippen LogP contribution in [0.15, 0.2) is 54.6 Å². The summed E-state index contributed by atoms with van der Waals surface area (Å²) < 4.78 is 37.7. The highest BCUT2D eigenvalue weighted by Crippen LogP contribution is 2.29. The number of para-hydroxylation sites is 1. The van der Waals surface area contributed by atoms with Gasteiger partial charge in [-0.15, -0.1) is 0 Å². The number of benzene rings is 2. The fourth-order valence-corrected chi connectivity index (χ4v) is 2.75. The Kier molecular flexibility index (Phi) is 5.88. The molecule has 4 N–H and O–H groups in total. The summed E-state index contributed by atoms with van der Waals surface area (Å²) in [4.78, 5) is 27.5. The molecule has 0 aliphatic rings. The molecule has 0 spiro atoms. The lowest BCUT2D eigenvalue weighted by Crippen LogP contribution is -2.48. The van der Waals surface area contributed by atoms with Crippen molar-refractivity contribution in [2.75, 3.05) is 6.61 Å². The monoisotopic (exact) mass is 405 g/mol. The second-order valence-electron chi connectivity index (χ2n) is 6.39. The molecule has 1 atom stereocenters. The van der Waals surface area contributed by atoms with E-state index in [-0.39, 0.29) is 12.2 Å². The first-order valence-electron chi connectivity index (χ1n) is 8.71. The second-order valence-corrected chi connectivity index (χ2v) is 6.39. The maximum Gasteiger partial charge on any atom is 0.416 e. The largest absolute Gasteiger partial charge is 0.416 e. The van der Waals surface area contributed by atoms with Crippen LogP contribution in [0.2, 0.25) is 0 Å². The van der Waals surface area contributed by atoms with E-state index in [2.05, 4.69) is 15.6 Å². The Morgan fingerprint density at radius 3 is 2.38 bits per heavy atom. The summed E-state index contributed by atoms with van der Waals surface area (Å²) in [7, 11) is 0. The molecule has 0 saturated carbocycles. The Labute approximate surface area is 163 Å². The van der Waals surface area contributed by atoms with Crippen molar-refractivity contribution in [3.05, 3.63) is 71.4 Å². The third-order valence-electron chi connectivity index (χ3n) is 4.33. The Balaban J connectivity index is 1.59. The Morgan fingerprint density at radius 2 is 1.76 bits per heavy atom. The van der Waals surface area contributed by atoms with Gasteiger partial charge in [-0.05, 0) is 29.8 Å². The minimum absolute atomic E-state index is 0.0459. The number of hydrogen-bond acceptors (Lipinski definition) is 3. The van der Waals surface area contributed by atoms with Gasteiger partial charge in [0.05, 0.1) is 12.2 Å². The summed E-state index contributed by atoms with van der Waals surface area (Å²) in [6, 6.07) is 12.0. The van der Waals surface area contributed by atoms with E-state index < -0.39 is 36.2 Å². The predicted molar refractivity (Wildman–Crippen MR) is 99.9 cm³/mol. The van der Waals surface area contributed by atoms with Gasteiger partial charge in [-0.2, -0.15) is 13.2 Å². The highest BCUT2D eigenvalue weighted by atomic mass is 19.4. The molecule has 2 amide bonds. The molecule has 0 radical (unpaired) electrons. The normalized spacial score (nSPS) is 12.6. The van der Waals surface area contributed by atoms with Crippen molar-refractivity contribution in [3.8, 4) is 0 Å². The van der Waals surface area contributed by atoms with Crippen molar-refractivity contribution in [2.45, 2.75) is 18.8 Å². The number of amides is 2. The van der Waals surface area contributed by atoms with Crippen molar-refractivity contribution in [1.82, 2.24) is 15.6 Å². The van der Waals surface area contributed by atoms with Crippen LogP contribution in [0.1, 0.15) is 21.6 Å². The Hall–Kier alpha value is -3.33. The van der Waals surface area contributed by atoms with E-state index in [4.69, 9.17) is 0 Å². The van der Waals surface area contributed by atoms with Crippen molar-refractivity contribution < 1.29 is 27.9 Å². The number of aromatic nitrogens is 1. The lowest BCUT2D eigenvalue weighted by Gasteiger charge is -2.16. The summed E-state index contributed by atoms with van der Waals surface area (Å²) >= 11 is 0. The molecule has 2 aromatic carbocycles. The van der Waals surface area contributed by atoms with Crippen molar-refractivity contribution in [3.63, 3.8) is 0 Å². The molecule has 1 unspecified atom stereocenters. The van der Waals surface area contributed by atoms with Gasteiger partial charge in [-0.3, -0.25) is 9.59 Å². The average molecular weight is 405 g/mol. The number of halogens is 3. The number of fused-ring (bicyclic) bond motifs is 1. The number of alkyl halides is 3. The highest BCUT2D eigenvalue weighted by Gasteiger charge is 2.30. The molecule has 6 nitrogen and oxygen atoms in total. The fraction of sp³-hybridized carbons (Fsp3) is 0.200. The first-order valence-corrected chi connectivity index (χ1v) is 8.71. The predicted octanol–water partition coefficient (Wildman–Crippen LogP) is 2.59. The van der Waals surface area contributed by atoms with Gasteiger partial charge in [0.15, 0.2) is 0 Å². The molecule has 0 saturated heterocycles. The van der Waals surface area contributed by atoms with Crippen molar-refractivity contribution in [2.24, 2.45) is 0 Å². The van der Waals surface area contributed by atoms with Crippen LogP contribution in [0.4, 0.5) is 13.2 Å². The summed E-state index contributed by atoms with van der Waals surface area (Å²) in [5.74, 6) is -1.22. The first-order chi connectivity index (χ1) is 13.8. The second kappa shape index (κ2) is 8.36. The van der Waals surface area contributed by atoms with E-state index >= 15 is 0 Å². The average Bonchev–Trinajstić information content (AvgIpc) is 3.14. The van der Waals surface area contributed by atoms with Crippen LogP contribution in [0, 0.1) is 0 Å². The minimum atomic E-state index is -4.43. The van der Waals surface area contributed by atoms with Crippen LogP contribution in [-0.4, -0.2) is 34.6 Å². The minimum Gasteiger partial charge on any atom is -0.394 e. The number of aromatic amines is 1. The van der Waals surface area contributed by atoms with Crippen LogP contribution in [0.5, 0.6) is 0 Å². The standard InChI is InChI=1S/C20H18F3N3O3/c21-20(22,23)14-7-5-12(6-8-14)10-24-18(28)17(11-27)26-19(29)16-9-13-3-1-2-4-15(13)25-16/h1-9,17,25,27H,10-11H2,(H,24,28)(H,26,29). The van der Waals surface area contributed by atoms with E-state index in [0.29, 0.717) is 5.56 Å². The summed E-state index contributed by atoms with van der Waals surface area (Å²) in [6.07, 6.45) is -4.43. The molecule has 152 valence electrons. The SMILES string of the molecule is O=C(NC(CO)C(=O)NCc1ccc(C(F)(F)F)cc1)c1cc2ccccc2[nH]1. The number of carbonyl (C=O) groups is 2. The summed E-state index contributed by atoms with van der Waals surface area (Å²) in [6.45, 7) is -0.680. The number of aliphatic hydroxyl groups is 1. The zero-order chi connectivity index (χ0) is 21.0. The van der Waals surface area contributed by atoms with Crippen LogP contribution in [0.25, 0.3) is 10.9 Å². The zero-order valence-corrected chi connectivity index (χ0v) is 15.1. The lowest BCUT2D eigenvalue weighted by atomic mass is 10.1. The number of H-pyrrole nitrogens is 1. The molecule has 0 aliphatic heterocycles. The van der Waals surface area contributed by atoms with Crippen LogP contribution < -0.4 is 10.6 Å². The van der Waals surface area contributed by atoms with Crippen molar-refractivity contribution in [1.29, 1.82) is 0 Å². The smallest absolute Gasteiger partial charge is 0.394 e. The Morgan fingerprint density at radius 1 is 1.07 bits per heavy atom. The number of rotatable bonds is 6. The van der Waals surface area contributed by atoms with Crippen LogP contribution >= 0.6 is 0 Å². The summed E-state index contributed by atoms with van der Waals surface area (Å²) in [5, 5.41) is 15.2. The number of carbonyl (C=O) groups excluding carboxylic acids is 2. The molecular formula is C20H18F3N3O3. The van der Waals surface area contributed by atoms with E-state index in [1.807, 2.05) is 18.2 Å². The molecule has 0 aliphatic carbocycles. The van der Waals surface area contributed by atoms with E-state index in [0.717, 1.165) is 23.0 Å². The quantitative estimate of drug-likeness (QED) is 0.508. The topological polar surface area (TPSA) is 94.2 Å². The number of aliphatic hydroxyl groups excluding tert-OH is 1. The molecular weight excluding hydrogens is 387 g/mol. The molecule has 0 fully saturated rings. The number of hydrogen-bond donors (Lipinski definition) is 4. The molecule has 3 aromatic rings. The molecule has 1 heterocycles. The van der Waals surface area contributed by atoms with Gasteiger partial charge in [0.2, 0.25) is 5.91 Å². The third-order valence-corrected chi connectivity index (χ3v) is 4.33. The number of nitrogens with one attached hydrogen (secondary N) is 3. The fourth-order valence-electron chi connectivity index (χ4n) is 2.75. The van der Waals surface area contributed by atoms with Gasteiger partial charge >= 0.3 is 6.18 Å². The van der Waals surface area contributed by atoms with Gasteiger partial charge in [0.1, 0.15) is 11.7 Å². The summed E-state index contributed by atoms with van der Waals surface area (Å²) in [5.41, 5.74) is 0.654. The molecule has 1 aromatic heterocycles. The zero-order valence-electron chi connectivity index (χ0n) is 15.1. The molecule has 9 heteroatoms. The van der Waals surface area contributed by atoms with Crippen LogP contribution in [-0.2, 0) is 17.5 Å². The molecule has 0 bridgehead atoms. The Bertz CT molecular complexity index is 980. The van der Waals surface area contributed by atoms with Gasteiger partial charge in [0, 0.05) is 17.4 Å². The van der Waals surface area contributed by atoms with E-state index in [1.165, 1.54) is 12.1 Å². The molecule has 29 heavy (non-hydrogen) atoms. The van der Waals surface area contributed by atoms with Gasteiger partial charge in [-0.1, -0.05) is 30.3 Å². The first kappa shape index (κ1) is 20.4. The van der Waals surface area contributed by atoms with E-state index in [1.54, 1.807) is 12.1 Å². The van der Waals surface area contributed by atoms with Gasteiger partial charge in [0.25, 0.3) is 5.91 Å². The van der Waals surface area contributed by atoms with Crippen molar-refractivity contribution >= 4 is 22.7 Å². The maximum atomic E-state index is 12.6. The lowest BCUT2D eigenvalue weighted by molar-refractivity contribution is -0.137. The van der Waals surface area contributed by atoms with Gasteiger partial charge in [-0.25, -0.2) is 0 Å².